The lowest BCUT2D eigenvalue weighted by Gasteiger charge is -2.26. The lowest BCUT2D eigenvalue weighted by atomic mass is 9.83. The Balaban J connectivity index is 1.99. The van der Waals surface area contributed by atoms with E-state index in [2.05, 4.69) is 11.1 Å². The summed E-state index contributed by atoms with van der Waals surface area (Å²) < 4.78 is 16.4. The molecule has 130 valence electrons. The lowest BCUT2D eigenvalue weighted by Crippen LogP contribution is -2.21. The Labute approximate surface area is 150 Å². The van der Waals surface area contributed by atoms with Crippen molar-refractivity contribution in [3.05, 3.63) is 65.2 Å². The number of hydrogen-bond acceptors (Lipinski definition) is 5. The minimum Gasteiger partial charge on any atom is -0.497 e. The van der Waals surface area contributed by atoms with Crippen molar-refractivity contribution in [3.8, 4) is 23.3 Å². The van der Waals surface area contributed by atoms with Gasteiger partial charge in [-0.15, -0.1) is 0 Å². The fourth-order valence-corrected chi connectivity index (χ4v) is 3.37. The molecule has 1 unspecified atom stereocenters. The highest BCUT2D eigenvalue weighted by atomic mass is 16.5. The molecule has 1 aliphatic rings. The van der Waals surface area contributed by atoms with E-state index in [1.54, 1.807) is 26.4 Å². The second-order valence-corrected chi connectivity index (χ2v) is 5.98. The first kappa shape index (κ1) is 15.9. The van der Waals surface area contributed by atoms with Crippen LogP contribution < -0.4 is 19.9 Å². The summed E-state index contributed by atoms with van der Waals surface area (Å²) >= 11 is 0. The fraction of sp³-hybridized carbons (Fsp3) is 0.150. The van der Waals surface area contributed by atoms with Crippen LogP contribution in [0.2, 0.25) is 0 Å². The van der Waals surface area contributed by atoms with E-state index in [-0.39, 0.29) is 11.8 Å². The molecular formula is C20H17N3O3. The van der Waals surface area contributed by atoms with Crippen LogP contribution in [0.15, 0.2) is 54.1 Å². The number of nitrogens with two attached hydrogens (primary N) is 1. The second-order valence-electron chi connectivity index (χ2n) is 5.98. The van der Waals surface area contributed by atoms with Crippen LogP contribution in [0, 0.1) is 11.3 Å². The molecule has 4 rings (SSSR count). The van der Waals surface area contributed by atoms with E-state index in [9.17, 15) is 5.26 Å². The van der Waals surface area contributed by atoms with Crippen molar-refractivity contribution in [1.82, 2.24) is 4.98 Å². The maximum absolute atomic E-state index is 9.72. The summed E-state index contributed by atoms with van der Waals surface area (Å²) in [6.07, 6.45) is 1.90. The molecule has 0 aliphatic carbocycles. The topological polar surface area (TPSA) is 93.3 Å². The number of hydrogen-bond donors (Lipinski definition) is 2. The number of allylic oxidation sites excluding steroid dienone is 1. The molecule has 3 N–H and O–H groups in total. The molecule has 1 atom stereocenters. The Kier molecular flexibility index (Phi) is 3.70. The Morgan fingerprint density at radius 2 is 1.81 bits per heavy atom. The smallest absolute Gasteiger partial charge is 0.205 e. The van der Waals surface area contributed by atoms with Gasteiger partial charge in [0, 0.05) is 22.7 Å². The molecule has 3 aromatic rings. The van der Waals surface area contributed by atoms with E-state index >= 15 is 0 Å². The number of ether oxygens (including phenoxy) is 3. The third kappa shape index (κ3) is 2.33. The SMILES string of the molecule is COc1ccc2c(c1)C(c1c[nH]c3ccc(OC)cc13)C(C#N)=C(N)O2. The fourth-order valence-electron chi connectivity index (χ4n) is 3.37. The van der Waals surface area contributed by atoms with E-state index in [4.69, 9.17) is 19.9 Å². The van der Waals surface area contributed by atoms with Crippen LogP contribution in [-0.4, -0.2) is 19.2 Å². The monoisotopic (exact) mass is 347 g/mol. The van der Waals surface area contributed by atoms with E-state index < -0.39 is 0 Å². The molecule has 0 saturated heterocycles. The van der Waals surface area contributed by atoms with Gasteiger partial charge in [0.2, 0.25) is 5.88 Å². The summed E-state index contributed by atoms with van der Waals surface area (Å²) in [6.45, 7) is 0. The predicted molar refractivity (Wildman–Crippen MR) is 97.1 cm³/mol. The molecule has 2 aromatic carbocycles. The molecular weight excluding hydrogens is 330 g/mol. The van der Waals surface area contributed by atoms with Crippen LogP contribution in [0.3, 0.4) is 0 Å². The second kappa shape index (κ2) is 6.05. The highest BCUT2D eigenvalue weighted by molar-refractivity contribution is 5.86. The number of H-pyrrole nitrogens is 1. The highest BCUT2D eigenvalue weighted by Crippen LogP contribution is 2.45. The Bertz CT molecular complexity index is 1080. The van der Waals surface area contributed by atoms with Crippen LogP contribution >= 0.6 is 0 Å². The number of fused-ring (bicyclic) bond motifs is 2. The van der Waals surface area contributed by atoms with Crippen molar-refractivity contribution >= 4 is 10.9 Å². The van der Waals surface area contributed by atoms with Gasteiger partial charge in [-0.25, -0.2) is 0 Å². The number of aromatic amines is 1. The summed E-state index contributed by atoms with van der Waals surface area (Å²) in [5, 5.41) is 10.7. The van der Waals surface area contributed by atoms with Gasteiger partial charge < -0.3 is 24.9 Å². The van der Waals surface area contributed by atoms with Gasteiger partial charge in [-0.3, -0.25) is 0 Å². The van der Waals surface area contributed by atoms with Crippen LogP contribution in [0.5, 0.6) is 17.2 Å². The average Bonchev–Trinajstić information content (AvgIpc) is 3.09. The quantitative estimate of drug-likeness (QED) is 0.757. The zero-order valence-corrected chi connectivity index (χ0v) is 14.4. The first-order chi connectivity index (χ1) is 12.7. The van der Waals surface area contributed by atoms with Crippen LogP contribution in [0.1, 0.15) is 17.0 Å². The summed E-state index contributed by atoms with van der Waals surface area (Å²) in [5.74, 6) is 1.80. The molecule has 0 fully saturated rings. The van der Waals surface area contributed by atoms with Gasteiger partial charge in [-0.1, -0.05) is 0 Å². The Morgan fingerprint density at radius 3 is 2.54 bits per heavy atom. The van der Waals surface area contributed by atoms with Gasteiger partial charge >= 0.3 is 0 Å². The van der Waals surface area contributed by atoms with Crippen molar-refractivity contribution in [2.24, 2.45) is 5.73 Å². The normalized spacial score (nSPS) is 16.0. The third-order valence-electron chi connectivity index (χ3n) is 4.65. The molecule has 0 amide bonds. The molecule has 6 heteroatoms. The van der Waals surface area contributed by atoms with Crippen LogP contribution in [0.4, 0.5) is 0 Å². The molecule has 0 spiro atoms. The van der Waals surface area contributed by atoms with Crippen LogP contribution in [0.25, 0.3) is 10.9 Å². The van der Waals surface area contributed by atoms with Gasteiger partial charge in [-0.2, -0.15) is 5.26 Å². The zero-order chi connectivity index (χ0) is 18.3. The van der Waals surface area contributed by atoms with Crippen molar-refractivity contribution < 1.29 is 14.2 Å². The van der Waals surface area contributed by atoms with E-state index in [0.29, 0.717) is 17.1 Å². The molecule has 6 nitrogen and oxygen atoms in total. The summed E-state index contributed by atoms with van der Waals surface area (Å²) in [5.41, 5.74) is 9.12. The first-order valence-electron chi connectivity index (χ1n) is 8.06. The number of aromatic nitrogens is 1. The first-order valence-corrected chi connectivity index (χ1v) is 8.06. The minimum absolute atomic E-state index is 0.118. The van der Waals surface area contributed by atoms with Gasteiger partial charge in [-0.05, 0) is 42.0 Å². The standard InChI is InChI=1S/C20H17N3O3/c1-24-11-3-5-17-13(7-11)16(10-23-17)19-14-8-12(25-2)4-6-18(14)26-20(22)15(19)9-21/h3-8,10,19,23H,22H2,1-2H3. The van der Waals surface area contributed by atoms with Crippen molar-refractivity contribution in [3.63, 3.8) is 0 Å². The molecule has 1 aliphatic heterocycles. The molecule has 0 bridgehead atoms. The zero-order valence-electron chi connectivity index (χ0n) is 14.4. The van der Waals surface area contributed by atoms with Gasteiger partial charge in [0.1, 0.15) is 28.9 Å². The molecule has 0 saturated carbocycles. The number of nitrogens with zero attached hydrogens (tertiary/aromatic N) is 1. The average molecular weight is 347 g/mol. The predicted octanol–water partition coefficient (Wildman–Crippen LogP) is 3.40. The summed E-state index contributed by atoms with van der Waals surface area (Å²) in [4.78, 5) is 3.26. The van der Waals surface area contributed by atoms with Crippen LogP contribution in [-0.2, 0) is 0 Å². The van der Waals surface area contributed by atoms with Gasteiger partial charge in [0.25, 0.3) is 0 Å². The Morgan fingerprint density at radius 1 is 1.08 bits per heavy atom. The van der Waals surface area contributed by atoms with Gasteiger partial charge in [0.05, 0.1) is 20.1 Å². The lowest BCUT2D eigenvalue weighted by molar-refractivity contribution is 0.386. The summed E-state index contributed by atoms with van der Waals surface area (Å²) in [7, 11) is 3.23. The molecule has 2 heterocycles. The Hall–Kier alpha value is -3.59. The third-order valence-corrected chi connectivity index (χ3v) is 4.65. The van der Waals surface area contributed by atoms with Crippen molar-refractivity contribution in [2.75, 3.05) is 14.2 Å². The molecule has 0 radical (unpaired) electrons. The number of rotatable bonds is 3. The van der Waals surface area contributed by atoms with Gasteiger partial charge in [0.15, 0.2) is 0 Å². The number of nitriles is 1. The largest absolute Gasteiger partial charge is 0.497 e. The highest BCUT2D eigenvalue weighted by Gasteiger charge is 2.32. The maximum atomic E-state index is 9.72. The van der Waals surface area contributed by atoms with E-state index in [1.807, 2.05) is 30.5 Å². The molecule has 26 heavy (non-hydrogen) atoms. The van der Waals surface area contributed by atoms with Crippen molar-refractivity contribution in [1.29, 1.82) is 5.26 Å². The maximum Gasteiger partial charge on any atom is 0.205 e. The molecule has 1 aromatic heterocycles. The number of nitrogens with one attached hydrogen (secondary N) is 1. The van der Waals surface area contributed by atoms with E-state index in [1.165, 1.54) is 0 Å². The minimum atomic E-state index is -0.361. The van der Waals surface area contributed by atoms with Crippen molar-refractivity contribution in [2.45, 2.75) is 5.92 Å². The number of methoxy groups -OCH3 is 2. The van der Waals surface area contributed by atoms with E-state index in [0.717, 1.165) is 27.8 Å². The number of benzene rings is 2. The summed E-state index contributed by atoms with van der Waals surface area (Å²) in [6, 6.07) is 13.5.